The highest BCUT2D eigenvalue weighted by Gasteiger charge is 2.64. The lowest BCUT2D eigenvalue weighted by molar-refractivity contribution is -0.386. The Bertz CT molecular complexity index is 1510. The van der Waals surface area contributed by atoms with Gasteiger partial charge in [0.25, 0.3) is 11.2 Å². The van der Waals surface area contributed by atoms with Crippen LogP contribution in [0.4, 0.5) is 5.69 Å². The number of nitro benzene ring substituents is 1. The van der Waals surface area contributed by atoms with Gasteiger partial charge in [-0.25, -0.2) is 4.79 Å². The first-order valence-corrected chi connectivity index (χ1v) is 10.7. The molecule has 3 atom stereocenters. The van der Waals surface area contributed by atoms with E-state index in [0.29, 0.717) is 11.3 Å². The number of hydrogen-bond acceptors (Lipinski definition) is 8. The van der Waals surface area contributed by atoms with E-state index < -0.39 is 39.6 Å². The molecule has 0 spiro atoms. The Hall–Kier alpha value is -4.41. The first kappa shape index (κ1) is 22.4. The molecule has 0 amide bonds. The van der Waals surface area contributed by atoms with Crippen LogP contribution in [0.3, 0.4) is 0 Å². The van der Waals surface area contributed by atoms with Crippen molar-refractivity contribution in [2.45, 2.75) is 12.0 Å². The molecule has 0 fully saturated rings. The third-order valence-corrected chi connectivity index (χ3v) is 6.82. The predicted molar refractivity (Wildman–Crippen MR) is 122 cm³/mol. The predicted octanol–water partition coefficient (Wildman–Crippen LogP) is 1.81. The van der Waals surface area contributed by atoms with Crippen LogP contribution in [-0.4, -0.2) is 33.7 Å². The van der Waals surface area contributed by atoms with Gasteiger partial charge in [0.15, 0.2) is 11.5 Å². The van der Waals surface area contributed by atoms with Gasteiger partial charge < -0.3 is 14.2 Å². The monoisotopic (exact) mass is 479 g/mol. The Morgan fingerprint density at radius 1 is 1.09 bits per heavy atom. The summed E-state index contributed by atoms with van der Waals surface area (Å²) in [5.74, 6) is -1.36. The molecular weight excluding hydrogens is 458 g/mol. The highest BCUT2D eigenvalue weighted by atomic mass is 16.6. The minimum atomic E-state index is -1.70. The fourth-order valence-corrected chi connectivity index (χ4v) is 5.20. The Morgan fingerprint density at radius 2 is 1.74 bits per heavy atom. The van der Waals surface area contributed by atoms with E-state index in [0.717, 1.165) is 9.13 Å². The smallest absolute Gasteiger partial charge is 0.333 e. The van der Waals surface area contributed by atoms with Crippen LogP contribution >= 0.6 is 0 Å². The lowest BCUT2D eigenvalue weighted by Crippen LogP contribution is -2.57. The molecule has 11 nitrogen and oxygen atoms in total. The summed E-state index contributed by atoms with van der Waals surface area (Å²) < 4.78 is 19.5. The number of nitrogens with zero attached hydrogens (tertiary/aromatic N) is 3. The van der Waals surface area contributed by atoms with E-state index in [9.17, 15) is 24.5 Å². The molecule has 0 bridgehead atoms. The van der Waals surface area contributed by atoms with Crippen molar-refractivity contribution in [1.29, 1.82) is 0 Å². The summed E-state index contributed by atoms with van der Waals surface area (Å²) in [7, 11) is 3.97. The van der Waals surface area contributed by atoms with Gasteiger partial charge in [0.1, 0.15) is 12.4 Å². The molecule has 0 N–H and O–H groups in total. The Kier molecular flexibility index (Phi) is 5.01. The molecule has 3 heterocycles. The molecule has 2 aliphatic rings. The largest absolute Gasteiger partial charge is 0.492 e. The normalized spacial score (nSPS) is 22.0. The second-order valence-corrected chi connectivity index (χ2v) is 8.53. The molecule has 11 heteroatoms. The molecule has 0 saturated carbocycles. The number of carbonyl (C=O) groups is 1. The molecule has 1 aromatic heterocycles. The Labute approximate surface area is 198 Å². The van der Waals surface area contributed by atoms with Crippen LogP contribution in [0.25, 0.3) is 0 Å². The van der Waals surface area contributed by atoms with Gasteiger partial charge in [0.2, 0.25) is 5.88 Å². The van der Waals surface area contributed by atoms with Crippen molar-refractivity contribution in [3.05, 3.63) is 96.2 Å². The van der Waals surface area contributed by atoms with E-state index >= 15 is 0 Å². The number of hydrogen-bond donors (Lipinski definition) is 0. The van der Waals surface area contributed by atoms with Crippen molar-refractivity contribution in [2.24, 2.45) is 19.5 Å². The van der Waals surface area contributed by atoms with Gasteiger partial charge in [0.05, 0.1) is 23.2 Å². The minimum Gasteiger partial charge on any atom is -0.492 e. The molecule has 2 aliphatic heterocycles. The van der Waals surface area contributed by atoms with Crippen molar-refractivity contribution >= 4 is 11.7 Å². The number of aromatic nitrogens is 2. The molecule has 2 aromatic carbocycles. The van der Waals surface area contributed by atoms with Gasteiger partial charge in [-0.05, 0) is 12.1 Å². The summed E-state index contributed by atoms with van der Waals surface area (Å²) in [5, 5.41) is 11.9. The van der Waals surface area contributed by atoms with E-state index in [1.165, 1.54) is 39.4 Å². The molecule has 5 rings (SSSR count). The Balaban J connectivity index is 1.95. The summed E-state index contributed by atoms with van der Waals surface area (Å²) >= 11 is 0. The van der Waals surface area contributed by atoms with Crippen molar-refractivity contribution in [3.63, 3.8) is 0 Å². The van der Waals surface area contributed by atoms with E-state index in [4.69, 9.17) is 14.2 Å². The summed E-state index contributed by atoms with van der Waals surface area (Å²) in [4.78, 5) is 51.2. The average Bonchev–Trinajstić information content (AvgIpc) is 2.88. The van der Waals surface area contributed by atoms with Crippen molar-refractivity contribution in [1.82, 2.24) is 9.13 Å². The number of carbonyl (C=O) groups excluding carboxylic acids is 1. The summed E-state index contributed by atoms with van der Waals surface area (Å²) in [6.07, 6.45) is -1.31. The fraction of sp³-hybridized carbons (Fsp3) is 0.292. The molecular formula is C24H21N3O8. The van der Waals surface area contributed by atoms with Gasteiger partial charge in [-0.15, -0.1) is 0 Å². The van der Waals surface area contributed by atoms with E-state index in [-0.39, 0.29) is 29.3 Å². The summed E-state index contributed by atoms with van der Waals surface area (Å²) in [6, 6.07) is 12.8. The third kappa shape index (κ3) is 2.94. The zero-order valence-corrected chi connectivity index (χ0v) is 19.1. The zero-order valence-electron chi connectivity index (χ0n) is 19.1. The summed E-state index contributed by atoms with van der Waals surface area (Å²) in [6.45, 7) is -0.274. The van der Waals surface area contributed by atoms with Gasteiger partial charge >= 0.3 is 11.7 Å². The molecule has 0 unspecified atom stereocenters. The molecule has 3 aromatic rings. The second-order valence-electron chi connectivity index (χ2n) is 8.53. The highest BCUT2D eigenvalue weighted by molar-refractivity contribution is 5.83. The van der Waals surface area contributed by atoms with Gasteiger partial charge in [-0.2, -0.15) is 0 Å². The molecule has 0 radical (unpaired) electrons. The van der Waals surface area contributed by atoms with Crippen LogP contribution in [0.2, 0.25) is 0 Å². The molecule has 180 valence electrons. The Morgan fingerprint density at radius 3 is 2.43 bits per heavy atom. The maximum absolute atomic E-state index is 13.6. The number of nitro groups is 1. The number of fused-ring (bicyclic) bond motifs is 5. The van der Waals surface area contributed by atoms with Crippen molar-refractivity contribution < 1.29 is 23.9 Å². The number of rotatable bonds is 3. The maximum atomic E-state index is 13.6. The van der Waals surface area contributed by atoms with Crippen LogP contribution in [0.1, 0.15) is 28.7 Å². The second kappa shape index (κ2) is 7.83. The fourth-order valence-electron chi connectivity index (χ4n) is 5.20. The van der Waals surface area contributed by atoms with Crippen molar-refractivity contribution in [2.75, 3.05) is 13.7 Å². The highest BCUT2D eigenvalue weighted by Crippen LogP contribution is 2.60. The third-order valence-electron chi connectivity index (χ3n) is 6.82. The van der Waals surface area contributed by atoms with Gasteiger partial charge in [-0.3, -0.25) is 28.8 Å². The average molecular weight is 479 g/mol. The van der Waals surface area contributed by atoms with E-state index in [2.05, 4.69) is 0 Å². The SMILES string of the molecule is COC(=O)[C@]12COc3ccccc3[C@H]1c1c(n(C)c(=O)n(C)c1=O)O[C@H]2c1ccccc1[N+](=O)[O-]. The first-order chi connectivity index (χ1) is 16.7. The molecule has 0 aliphatic carbocycles. The quantitative estimate of drug-likeness (QED) is 0.316. The van der Waals surface area contributed by atoms with Crippen LogP contribution in [0.15, 0.2) is 58.1 Å². The lowest BCUT2D eigenvalue weighted by atomic mass is 9.62. The standard InChI is InChI=1S/C24H21N3O8/c1-25-20(28)17-18-14-9-5-7-11-16(14)34-12-24(18,22(29)33-3)19(35-21(17)26(2)23(25)30)13-8-4-6-10-15(13)27(31)32/h4-11,18-19H,12H2,1-3H3/t18-,19-,24+/m0/s1. The van der Waals surface area contributed by atoms with Crippen LogP contribution in [0.5, 0.6) is 11.6 Å². The zero-order chi connectivity index (χ0) is 25.1. The van der Waals surface area contributed by atoms with E-state index in [1.807, 2.05) is 0 Å². The van der Waals surface area contributed by atoms with E-state index in [1.54, 1.807) is 30.3 Å². The van der Waals surface area contributed by atoms with Crippen molar-refractivity contribution in [3.8, 4) is 11.6 Å². The summed E-state index contributed by atoms with van der Waals surface area (Å²) in [5.41, 5.74) is -2.59. The number of ether oxygens (including phenoxy) is 3. The molecule has 35 heavy (non-hydrogen) atoms. The number of methoxy groups -OCH3 is 1. The first-order valence-electron chi connectivity index (χ1n) is 10.7. The lowest BCUT2D eigenvalue weighted by Gasteiger charge is -2.49. The number of benzene rings is 2. The van der Waals surface area contributed by atoms with Gasteiger partial charge in [0, 0.05) is 31.6 Å². The number of esters is 1. The van der Waals surface area contributed by atoms with Crippen LogP contribution < -0.4 is 20.7 Å². The maximum Gasteiger partial charge on any atom is 0.333 e. The molecule has 0 saturated heterocycles. The topological polar surface area (TPSA) is 132 Å². The van der Waals surface area contributed by atoms with Crippen LogP contribution in [0, 0.1) is 15.5 Å². The van der Waals surface area contributed by atoms with Crippen LogP contribution in [-0.2, 0) is 23.6 Å². The number of para-hydroxylation sites is 2. The minimum absolute atomic E-state index is 0.0671. The van der Waals surface area contributed by atoms with Gasteiger partial charge in [-0.1, -0.05) is 30.3 Å².